The Morgan fingerprint density at radius 3 is 2.67 bits per heavy atom. The highest BCUT2D eigenvalue weighted by molar-refractivity contribution is 5.86. The Bertz CT molecular complexity index is 474. The number of aromatic carboxylic acids is 1. The van der Waals surface area contributed by atoms with Crippen LogP contribution in [-0.2, 0) is 0 Å². The number of hydrogen-bond acceptors (Lipinski definition) is 2. The number of nitrogens with zero attached hydrogens (tertiary/aromatic N) is 2. The Morgan fingerprint density at radius 2 is 2.07 bits per heavy atom. The summed E-state index contributed by atoms with van der Waals surface area (Å²) in [4.78, 5) is 14.7. The topological polar surface area (TPSA) is 54.6 Å². The summed E-state index contributed by atoms with van der Waals surface area (Å²) in [5.41, 5.74) is 1.86. The molecule has 0 atom stereocenters. The summed E-state index contributed by atoms with van der Waals surface area (Å²) < 4.78 is 1.57. The number of rotatable bonds is 1. The first-order valence-electron chi connectivity index (χ1n) is 4.85. The van der Waals surface area contributed by atoms with E-state index in [0.29, 0.717) is 5.65 Å². The van der Waals surface area contributed by atoms with Gasteiger partial charge < -0.3 is 5.11 Å². The molecule has 0 saturated heterocycles. The molecule has 0 amide bonds. The zero-order chi connectivity index (χ0) is 11.4. The fraction of sp³-hybridized carbons (Fsp3) is 0.273. The van der Waals surface area contributed by atoms with E-state index in [1.54, 1.807) is 16.7 Å². The van der Waals surface area contributed by atoms with Crippen molar-refractivity contribution in [2.45, 2.75) is 20.8 Å². The lowest BCUT2D eigenvalue weighted by atomic mass is 10.3. The third kappa shape index (κ3) is 2.15. The van der Waals surface area contributed by atoms with Crippen LogP contribution in [0.15, 0.2) is 24.5 Å². The molecule has 0 aliphatic rings. The standard InChI is InChI=1S/C9H8N2O2.C2H6/c1-6-2-3-8-10-4-7(9(12)13)11(8)5-6;1-2/h2-5H,1H3,(H,12,13);1-2H3. The summed E-state index contributed by atoms with van der Waals surface area (Å²) in [7, 11) is 0. The van der Waals surface area contributed by atoms with Gasteiger partial charge in [-0.3, -0.25) is 4.40 Å². The molecule has 4 nitrogen and oxygen atoms in total. The molecule has 2 aromatic heterocycles. The number of carboxylic acids is 1. The fourth-order valence-corrected chi connectivity index (χ4v) is 1.25. The molecule has 2 rings (SSSR count). The number of hydrogen-bond donors (Lipinski definition) is 1. The average molecular weight is 206 g/mol. The molecule has 0 saturated carbocycles. The molecular weight excluding hydrogens is 192 g/mol. The van der Waals surface area contributed by atoms with Crippen LogP contribution in [0.25, 0.3) is 5.65 Å². The maximum absolute atomic E-state index is 10.7. The lowest BCUT2D eigenvalue weighted by molar-refractivity contribution is 0.0689. The highest BCUT2D eigenvalue weighted by Crippen LogP contribution is 2.08. The first kappa shape index (κ1) is 11.2. The van der Waals surface area contributed by atoms with Crippen molar-refractivity contribution in [3.8, 4) is 0 Å². The average Bonchev–Trinajstić information content (AvgIpc) is 2.63. The molecule has 0 radical (unpaired) electrons. The van der Waals surface area contributed by atoms with E-state index < -0.39 is 5.97 Å². The number of aromatic nitrogens is 2. The molecule has 0 aromatic carbocycles. The second-order valence-corrected chi connectivity index (χ2v) is 2.88. The predicted molar refractivity (Wildman–Crippen MR) is 58.2 cm³/mol. The lowest BCUT2D eigenvalue weighted by Gasteiger charge is -1.97. The zero-order valence-corrected chi connectivity index (χ0v) is 9.06. The van der Waals surface area contributed by atoms with Gasteiger partial charge in [-0.25, -0.2) is 9.78 Å². The van der Waals surface area contributed by atoms with Gasteiger partial charge in [-0.1, -0.05) is 19.9 Å². The van der Waals surface area contributed by atoms with Gasteiger partial charge in [-0.15, -0.1) is 0 Å². The Kier molecular flexibility index (Phi) is 3.44. The van der Waals surface area contributed by atoms with Gasteiger partial charge in [-0.05, 0) is 18.6 Å². The van der Waals surface area contributed by atoms with Gasteiger partial charge in [0.1, 0.15) is 5.65 Å². The van der Waals surface area contributed by atoms with Gasteiger partial charge >= 0.3 is 5.97 Å². The van der Waals surface area contributed by atoms with Gasteiger partial charge in [-0.2, -0.15) is 0 Å². The monoisotopic (exact) mass is 206 g/mol. The Morgan fingerprint density at radius 1 is 1.40 bits per heavy atom. The Labute approximate surface area is 88.2 Å². The maximum atomic E-state index is 10.7. The first-order valence-corrected chi connectivity index (χ1v) is 4.85. The molecule has 2 heterocycles. The Hall–Kier alpha value is -1.84. The summed E-state index contributed by atoms with van der Waals surface area (Å²) >= 11 is 0. The zero-order valence-electron chi connectivity index (χ0n) is 9.06. The van der Waals surface area contributed by atoms with Crippen LogP contribution in [0.3, 0.4) is 0 Å². The van der Waals surface area contributed by atoms with E-state index in [1.807, 2.05) is 26.8 Å². The SMILES string of the molecule is CC.Cc1ccc2ncc(C(=O)O)n2c1. The van der Waals surface area contributed by atoms with Crippen LogP contribution in [0.4, 0.5) is 0 Å². The van der Waals surface area contributed by atoms with Crippen molar-refractivity contribution < 1.29 is 9.90 Å². The second kappa shape index (κ2) is 4.59. The second-order valence-electron chi connectivity index (χ2n) is 2.88. The number of carbonyl (C=O) groups is 1. The van der Waals surface area contributed by atoms with E-state index in [0.717, 1.165) is 5.56 Å². The molecule has 15 heavy (non-hydrogen) atoms. The van der Waals surface area contributed by atoms with Gasteiger partial charge in [0, 0.05) is 6.20 Å². The normalized spacial score (nSPS) is 9.53. The van der Waals surface area contributed by atoms with E-state index >= 15 is 0 Å². The fourth-order valence-electron chi connectivity index (χ4n) is 1.25. The van der Waals surface area contributed by atoms with Crippen molar-refractivity contribution >= 4 is 11.6 Å². The molecule has 0 bridgehead atoms. The van der Waals surface area contributed by atoms with Crippen LogP contribution in [-0.4, -0.2) is 20.5 Å². The Balaban J connectivity index is 0.000000531. The van der Waals surface area contributed by atoms with Crippen LogP contribution in [0, 0.1) is 6.92 Å². The van der Waals surface area contributed by atoms with Crippen molar-refractivity contribution in [2.24, 2.45) is 0 Å². The summed E-state index contributed by atoms with van der Waals surface area (Å²) in [6.07, 6.45) is 3.11. The van der Waals surface area contributed by atoms with Gasteiger partial charge in [0.25, 0.3) is 0 Å². The van der Waals surface area contributed by atoms with Crippen molar-refractivity contribution in [3.05, 3.63) is 35.8 Å². The molecule has 0 aliphatic carbocycles. The van der Waals surface area contributed by atoms with Crippen LogP contribution >= 0.6 is 0 Å². The van der Waals surface area contributed by atoms with Gasteiger partial charge in [0.2, 0.25) is 0 Å². The van der Waals surface area contributed by atoms with Crippen molar-refractivity contribution in [1.29, 1.82) is 0 Å². The van der Waals surface area contributed by atoms with E-state index in [-0.39, 0.29) is 5.69 Å². The highest BCUT2D eigenvalue weighted by Gasteiger charge is 2.09. The molecule has 0 unspecified atom stereocenters. The third-order valence-corrected chi connectivity index (χ3v) is 1.87. The summed E-state index contributed by atoms with van der Waals surface area (Å²) in [6.45, 7) is 5.91. The summed E-state index contributed by atoms with van der Waals surface area (Å²) in [5.74, 6) is -0.960. The first-order chi connectivity index (χ1) is 7.18. The smallest absolute Gasteiger partial charge is 0.354 e. The van der Waals surface area contributed by atoms with Crippen molar-refractivity contribution in [2.75, 3.05) is 0 Å². The van der Waals surface area contributed by atoms with Crippen LogP contribution in [0.5, 0.6) is 0 Å². The van der Waals surface area contributed by atoms with Crippen LogP contribution in [0.1, 0.15) is 29.9 Å². The molecule has 0 aliphatic heterocycles. The van der Waals surface area contributed by atoms with E-state index in [1.165, 1.54) is 6.20 Å². The van der Waals surface area contributed by atoms with Crippen LogP contribution < -0.4 is 0 Å². The minimum Gasteiger partial charge on any atom is -0.477 e. The van der Waals surface area contributed by atoms with Crippen LogP contribution in [0.2, 0.25) is 0 Å². The minimum atomic E-state index is -0.960. The molecular formula is C11H14N2O2. The molecule has 1 N–H and O–H groups in total. The quantitative estimate of drug-likeness (QED) is 0.779. The number of imidazole rings is 1. The molecule has 4 heteroatoms. The molecule has 0 fully saturated rings. The molecule has 0 spiro atoms. The van der Waals surface area contributed by atoms with Gasteiger partial charge in [0.05, 0.1) is 6.20 Å². The number of carboxylic acid groups (broad SMARTS) is 1. The van der Waals surface area contributed by atoms with E-state index in [2.05, 4.69) is 4.98 Å². The molecule has 2 aromatic rings. The number of aryl methyl sites for hydroxylation is 1. The van der Waals surface area contributed by atoms with Crippen molar-refractivity contribution in [1.82, 2.24) is 9.38 Å². The summed E-state index contributed by atoms with van der Waals surface area (Å²) in [6, 6.07) is 3.69. The lowest BCUT2D eigenvalue weighted by Crippen LogP contribution is -2.01. The van der Waals surface area contributed by atoms with E-state index in [4.69, 9.17) is 5.11 Å². The minimum absolute atomic E-state index is 0.193. The highest BCUT2D eigenvalue weighted by atomic mass is 16.4. The van der Waals surface area contributed by atoms with E-state index in [9.17, 15) is 4.79 Å². The molecule has 80 valence electrons. The number of fused-ring (bicyclic) bond motifs is 1. The third-order valence-electron chi connectivity index (χ3n) is 1.87. The number of pyridine rings is 1. The summed E-state index contributed by atoms with van der Waals surface area (Å²) in [5, 5.41) is 8.80. The van der Waals surface area contributed by atoms with Gasteiger partial charge in [0.15, 0.2) is 5.69 Å². The van der Waals surface area contributed by atoms with Crippen molar-refractivity contribution in [3.63, 3.8) is 0 Å². The largest absolute Gasteiger partial charge is 0.477 e. The predicted octanol–water partition coefficient (Wildman–Crippen LogP) is 2.37. The maximum Gasteiger partial charge on any atom is 0.354 e.